The Balaban J connectivity index is 1.86. The SMILES string of the molecule is CCCCCCOc1ccc(C(C#N)=Cc2ccc(OCCCCCC#N)cc2)cc1. The number of unbranched alkanes of at least 4 members (excludes halogenated alkanes) is 6. The molecule has 0 unspecified atom stereocenters. The van der Waals surface area contributed by atoms with Gasteiger partial charge in [0.1, 0.15) is 11.5 Å². The molecule has 0 radical (unpaired) electrons. The summed E-state index contributed by atoms with van der Waals surface area (Å²) in [6.07, 6.45) is 10.1. The molecule has 2 aromatic carbocycles. The quantitative estimate of drug-likeness (QED) is 0.186. The Morgan fingerprint density at radius 1 is 0.774 bits per heavy atom. The second-order valence-electron chi connectivity index (χ2n) is 7.49. The van der Waals surface area contributed by atoms with Crippen LogP contribution in [0.2, 0.25) is 0 Å². The van der Waals surface area contributed by atoms with Crippen molar-refractivity contribution in [1.82, 2.24) is 0 Å². The van der Waals surface area contributed by atoms with Crippen LogP contribution in [-0.2, 0) is 0 Å². The molecule has 0 saturated heterocycles. The summed E-state index contributed by atoms with van der Waals surface area (Å²) < 4.78 is 11.5. The topological polar surface area (TPSA) is 66.0 Å². The van der Waals surface area contributed by atoms with E-state index in [9.17, 15) is 5.26 Å². The predicted molar refractivity (Wildman–Crippen MR) is 126 cm³/mol. The highest BCUT2D eigenvalue weighted by molar-refractivity contribution is 5.89. The van der Waals surface area contributed by atoms with E-state index >= 15 is 0 Å². The largest absolute Gasteiger partial charge is 0.494 e. The Bertz CT molecular complexity index is 871. The van der Waals surface area contributed by atoms with E-state index in [2.05, 4.69) is 19.1 Å². The van der Waals surface area contributed by atoms with Crippen molar-refractivity contribution in [2.75, 3.05) is 13.2 Å². The van der Waals surface area contributed by atoms with Crippen LogP contribution in [-0.4, -0.2) is 13.2 Å². The highest BCUT2D eigenvalue weighted by Crippen LogP contribution is 2.22. The first-order valence-corrected chi connectivity index (χ1v) is 11.2. The molecule has 31 heavy (non-hydrogen) atoms. The maximum Gasteiger partial charge on any atom is 0.119 e. The number of rotatable bonds is 14. The van der Waals surface area contributed by atoms with E-state index in [1.54, 1.807) is 0 Å². The van der Waals surface area contributed by atoms with E-state index in [0.29, 0.717) is 18.6 Å². The van der Waals surface area contributed by atoms with Crippen LogP contribution in [0.25, 0.3) is 11.6 Å². The second kappa shape index (κ2) is 14.7. The molecule has 0 heterocycles. The zero-order valence-corrected chi connectivity index (χ0v) is 18.5. The van der Waals surface area contributed by atoms with Gasteiger partial charge in [0.25, 0.3) is 0 Å². The van der Waals surface area contributed by atoms with Crippen LogP contribution in [0.1, 0.15) is 69.4 Å². The molecular weight excluding hydrogens is 384 g/mol. The third-order valence-corrected chi connectivity index (χ3v) is 4.95. The minimum atomic E-state index is 0.608. The van der Waals surface area contributed by atoms with Crippen LogP contribution >= 0.6 is 0 Å². The van der Waals surface area contributed by atoms with Crippen molar-refractivity contribution < 1.29 is 9.47 Å². The fourth-order valence-corrected chi connectivity index (χ4v) is 3.13. The number of allylic oxidation sites excluding steroid dienone is 1. The van der Waals surface area contributed by atoms with Crippen molar-refractivity contribution >= 4 is 11.6 Å². The van der Waals surface area contributed by atoms with E-state index in [-0.39, 0.29) is 0 Å². The van der Waals surface area contributed by atoms with Gasteiger partial charge in [0.15, 0.2) is 0 Å². The third-order valence-electron chi connectivity index (χ3n) is 4.95. The van der Waals surface area contributed by atoms with Crippen LogP contribution < -0.4 is 9.47 Å². The smallest absolute Gasteiger partial charge is 0.119 e. The minimum absolute atomic E-state index is 0.608. The Morgan fingerprint density at radius 3 is 1.90 bits per heavy atom. The van der Waals surface area contributed by atoms with Crippen molar-refractivity contribution in [2.45, 2.75) is 58.3 Å². The molecule has 0 aliphatic carbocycles. The van der Waals surface area contributed by atoms with E-state index in [0.717, 1.165) is 54.9 Å². The Morgan fingerprint density at radius 2 is 1.35 bits per heavy atom. The van der Waals surface area contributed by atoms with Gasteiger partial charge < -0.3 is 9.47 Å². The predicted octanol–water partition coefficient (Wildman–Crippen LogP) is 7.17. The molecule has 0 aliphatic rings. The van der Waals surface area contributed by atoms with Gasteiger partial charge >= 0.3 is 0 Å². The average Bonchev–Trinajstić information content (AvgIpc) is 2.81. The molecule has 0 fully saturated rings. The molecule has 2 rings (SSSR count). The highest BCUT2D eigenvalue weighted by Gasteiger charge is 2.03. The molecule has 0 N–H and O–H groups in total. The molecule has 0 bridgehead atoms. The average molecular weight is 417 g/mol. The number of benzene rings is 2. The fraction of sp³-hybridized carbons (Fsp3) is 0.407. The molecule has 0 aromatic heterocycles. The standard InChI is InChI=1S/C27H32N2O2/c1-2-3-4-8-19-31-27-16-12-24(13-17-27)25(22-29)21-23-10-14-26(15-11-23)30-20-9-6-5-7-18-28/h10-17,21H,2-9,19-20H2,1H3. The van der Waals surface area contributed by atoms with Gasteiger partial charge in [-0.25, -0.2) is 0 Å². The molecule has 162 valence electrons. The maximum atomic E-state index is 9.60. The van der Waals surface area contributed by atoms with Gasteiger partial charge in [0, 0.05) is 6.42 Å². The van der Waals surface area contributed by atoms with Crippen molar-refractivity contribution in [3.05, 3.63) is 59.7 Å². The number of nitriles is 2. The maximum absolute atomic E-state index is 9.60. The van der Waals surface area contributed by atoms with Crippen LogP contribution in [0.4, 0.5) is 0 Å². The first kappa shape index (κ1) is 24.0. The van der Waals surface area contributed by atoms with Crippen LogP contribution in [0.15, 0.2) is 48.5 Å². The molecule has 4 nitrogen and oxygen atoms in total. The lowest BCUT2D eigenvalue weighted by Crippen LogP contribution is -1.97. The third kappa shape index (κ3) is 9.41. The summed E-state index contributed by atoms with van der Waals surface area (Å²) in [4.78, 5) is 0. The van der Waals surface area contributed by atoms with Gasteiger partial charge in [-0.05, 0) is 79.3 Å². The molecule has 0 spiro atoms. The Kier molecular flexibility index (Phi) is 11.4. The second-order valence-corrected chi connectivity index (χ2v) is 7.49. The number of hydrogen-bond donors (Lipinski definition) is 0. The Hall–Kier alpha value is -3.24. The molecule has 0 aliphatic heterocycles. The van der Waals surface area contributed by atoms with Gasteiger partial charge in [-0.1, -0.05) is 38.3 Å². The minimum Gasteiger partial charge on any atom is -0.494 e. The first-order chi connectivity index (χ1) is 15.3. The first-order valence-electron chi connectivity index (χ1n) is 11.2. The van der Waals surface area contributed by atoms with Crippen molar-refractivity contribution in [3.8, 4) is 23.6 Å². The molecule has 0 amide bonds. The lowest BCUT2D eigenvalue weighted by Gasteiger charge is -2.07. The van der Waals surface area contributed by atoms with E-state index in [4.69, 9.17) is 14.7 Å². The van der Waals surface area contributed by atoms with E-state index < -0.39 is 0 Å². The molecular formula is C27H32N2O2. The van der Waals surface area contributed by atoms with Crippen molar-refractivity contribution in [2.24, 2.45) is 0 Å². The molecule has 0 atom stereocenters. The highest BCUT2D eigenvalue weighted by atomic mass is 16.5. The van der Waals surface area contributed by atoms with E-state index in [1.165, 1.54) is 19.3 Å². The molecule has 4 heteroatoms. The van der Waals surface area contributed by atoms with E-state index in [1.807, 2.05) is 54.6 Å². The molecule has 0 saturated carbocycles. The van der Waals surface area contributed by atoms with Gasteiger partial charge in [-0.2, -0.15) is 10.5 Å². The summed E-state index contributed by atoms with van der Waals surface area (Å²) in [7, 11) is 0. The number of nitrogens with zero attached hydrogens (tertiary/aromatic N) is 2. The van der Waals surface area contributed by atoms with Gasteiger partial charge in [0.05, 0.1) is 30.9 Å². The van der Waals surface area contributed by atoms with Crippen LogP contribution in [0.3, 0.4) is 0 Å². The zero-order chi connectivity index (χ0) is 22.2. The summed E-state index contributed by atoms with van der Waals surface area (Å²) in [5, 5.41) is 18.1. The summed E-state index contributed by atoms with van der Waals surface area (Å²) in [6, 6.07) is 19.9. The fourth-order valence-electron chi connectivity index (χ4n) is 3.13. The van der Waals surface area contributed by atoms with Gasteiger partial charge in [-0.3, -0.25) is 0 Å². The summed E-state index contributed by atoms with van der Waals surface area (Å²) in [5.74, 6) is 1.66. The van der Waals surface area contributed by atoms with Crippen molar-refractivity contribution in [3.63, 3.8) is 0 Å². The van der Waals surface area contributed by atoms with Gasteiger partial charge in [0.2, 0.25) is 0 Å². The summed E-state index contributed by atoms with van der Waals surface area (Å²) in [6.45, 7) is 3.58. The van der Waals surface area contributed by atoms with Crippen molar-refractivity contribution in [1.29, 1.82) is 10.5 Å². The summed E-state index contributed by atoms with van der Waals surface area (Å²) in [5.41, 5.74) is 2.44. The normalized spacial score (nSPS) is 10.9. The van der Waals surface area contributed by atoms with Crippen LogP contribution in [0.5, 0.6) is 11.5 Å². The number of ether oxygens (including phenoxy) is 2. The monoisotopic (exact) mass is 416 g/mol. The number of hydrogen-bond acceptors (Lipinski definition) is 4. The Labute approximate surface area is 186 Å². The lowest BCUT2D eigenvalue weighted by molar-refractivity contribution is 0.305. The lowest BCUT2D eigenvalue weighted by atomic mass is 10.0. The molecule has 2 aromatic rings. The van der Waals surface area contributed by atoms with Crippen LogP contribution in [0, 0.1) is 22.7 Å². The zero-order valence-electron chi connectivity index (χ0n) is 18.5. The summed E-state index contributed by atoms with van der Waals surface area (Å²) >= 11 is 0. The van der Waals surface area contributed by atoms with Gasteiger partial charge in [-0.15, -0.1) is 0 Å².